The van der Waals surface area contributed by atoms with E-state index in [1.807, 2.05) is 27.7 Å². The van der Waals surface area contributed by atoms with Crippen molar-refractivity contribution in [3.05, 3.63) is 0 Å². The van der Waals surface area contributed by atoms with Crippen LogP contribution in [0.5, 0.6) is 0 Å². The molecule has 1 saturated heterocycles. The normalized spacial score (nSPS) is 22.9. The number of carbonyl (C=O) groups is 1. The molecule has 0 bridgehead atoms. The molecule has 1 unspecified atom stereocenters. The first kappa shape index (κ1) is 12.5. The molecule has 0 aliphatic carbocycles. The molecule has 4 nitrogen and oxygen atoms in total. The Morgan fingerprint density at radius 3 is 2.73 bits per heavy atom. The number of rotatable bonds is 2. The summed E-state index contributed by atoms with van der Waals surface area (Å²) in [5.41, 5.74) is -0.256. The summed E-state index contributed by atoms with van der Waals surface area (Å²) in [6.07, 6.45) is 0.136. The minimum atomic E-state index is -0.256. The molecule has 0 saturated carbocycles. The molecule has 1 amide bonds. The molecule has 0 aromatic rings. The second kappa shape index (κ2) is 4.94. The minimum absolute atomic E-state index is 0.0556. The Morgan fingerprint density at radius 1 is 1.53 bits per heavy atom. The third kappa shape index (κ3) is 4.62. The van der Waals surface area contributed by atoms with E-state index in [1.165, 1.54) is 0 Å². The van der Waals surface area contributed by atoms with Gasteiger partial charge < -0.3 is 14.4 Å². The summed E-state index contributed by atoms with van der Waals surface area (Å²) < 4.78 is 10.8. The van der Waals surface area contributed by atoms with E-state index in [4.69, 9.17) is 9.47 Å². The first-order chi connectivity index (χ1) is 6.88. The monoisotopic (exact) mass is 215 g/mol. The van der Waals surface area contributed by atoms with Crippen LogP contribution in [0.1, 0.15) is 27.7 Å². The maximum absolute atomic E-state index is 11.7. The SMILES string of the molecule is CC1CN(C(=O)COC(C)(C)C)CCO1. The Balaban J connectivity index is 2.33. The van der Waals surface area contributed by atoms with Crippen LogP contribution in [0.4, 0.5) is 0 Å². The van der Waals surface area contributed by atoms with Gasteiger partial charge in [-0.1, -0.05) is 0 Å². The number of ether oxygens (including phenoxy) is 2. The van der Waals surface area contributed by atoms with Crippen molar-refractivity contribution in [2.45, 2.75) is 39.4 Å². The summed E-state index contributed by atoms with van der Waals surface area (Å²) in [7, 11) is 0. The van der Waals surface area contributed by atoms with E-state index in [-0.39, 0.29) is 24.2 Å². The van der Waals surface area contributed by atoms with Gasteiger partial charge in [-0.2, -0.15) is 0 Å². The fraction of sp³-hybridized carbons (Fsp3) is 0.909. The zero-order chi connectivity index (χ0) is 11.5. The topological polar surface area (TPSA) is 38.8 Å². The van der Waals surface area contributed by atoms with Crippen LogP contribution in [-0.2, 0) is 14.3 Å². The van der Waals surface area contributed by atoms with Gasteiger partial charge >= 0.3 is 0 Å². The van der Waals surface area contributed by atoms with E-state index < -0.39 is 0 Å². The van der Waals surface area contributed by atoms with Crippen LogP contribution >= 0.6 is 0 Å². The van der Waals surface area contributed by atoms with Gasteiger partial charge in [-0.15, -0.1) is 0 Å². The van der Waals surface area contributed by atoms with Gasteiger partial charge in [-0.3, -0.25) is 4.79 Å². The number of hydrogen-bond acceptors (Lipinski definition) is 3. The Morgan fingerprint density at radius 2 is 2.20 bits per heavy atom. The van der Waals surface area contributed by atoms with Crippen molar-refractivity contribution < 1.29 is 14.3 Å². The van der Waals surface area contributed by atoms with Crippen LogP contribution in [-0.4, -0.2) is 48.8 Å². The molecule has 1 aliphatic rings. The maximum atomic E-state index is 11.7. The highest BCUT2D eigenvalue weighted by molar-refractivity contribution is 5.77. The molecule has 1 rings (SSSR count). The summed E-state index contributed by atoms with van der Waals surface area (Å²) in [4.78, 5) is 13.5. The molecule has 4 heteroatoms. The predicted molar refractivity (Wildman–Crippen MR) is 57.7 cm³/mol. The Bertz CT molecular complexity index is 222. The lowest BCUT2D eigenvalue weighted by Crippen LogP contribution is -2.46. The van der Waals surface area contributed by atoms with Crippen LogP contribution in [0.2, 0.25) is 0 Å². The zero-order valence-electron chi connectivity index (χ0n) is 10.1. The van der Waals surface area contributed by atoms with Crippen molar-refractivity contribution in [2.75, 3.05) is 26.3 Å². The van der Waals surface area contributed by atoms with Crippen LogP contribution < -0.4 is 0 Å². The first-order valence-corrected chi connectivity index (χ1v) is 5.42. The number of hydrogen-bond donors (Lipinski definition) is 0. The molecule has 0 N–H and O–H groups in total. The molecule has 0 radical (unpaired) electrons. The van der Waals surface area contributed by atoms with E-state index >= 15 is 0 Å². The number of nitrogens with zero attached hydrogens (tertiary/aromatic N) is 1. The second-order valence-electron chi connectivity index (χ2n) is 4.92. The summed E-state index contributed by atoms with van der Waals surface area (Å²) in [6, 6.07) is 0. The molecule has 0 aromatic carbocycles. The van der Waals surface area contributed by atoms with Crippen LogP contribution in [0.25, 0.3) is 0 Å². The number of morpholine rings is 1. The van der Waals surface area contributed by atoms with Gasteiger partial charge in [-0.25, -0.2) is 0 Å². The zero-order valence-corrected chi connectivity index (χ0v) is 10.1. The molecule has 0 spiro atoms. The molecule has 1 aliphatic heterocycles. The maximum Gasteiger partial charge on any atom is 0.248 e. The highest BCUT2D eigenvalue weighted by Crippen LogP contribution is 2.09. The average molecular weight is 215 g/mol. The average Bonchev–Trinajstić information content (AvgIpc) is 2.13. The van der Waals surface area contributed by atoms with Crippen molar-refractivity contribution in [1.82, 2.24) is 4.90 Å². The molecule has 0 aromatic heterocycles. The van der Waals surface area contributed by atoms with Crippen molar-refractivity contribution >= 4 is 5.91 Å². The highest BCUT2D eigenvalue weighted by atomic mass is 16.5. The lowest BCUT2D eigenvalue weighted by atomic mass is 10.2. The lowest BCUT2D eigenvalue weighted by Gasteiger charge is -2.32. The van der Waals surface area contributed by atoms with Gasteiger partial charge in [0.25, 0.3) is 0 Å². The van der Waals surface area contributed by atoms with Crippen LogP contribution in [0.3, 0.4) is 0 Å². The fourth-order valence-corrected chi connectivity index (χ4v) is 1.41. The summed E-state index contributed by atoms with van der Waals surface area (Å²) in [6.45, 7) is 9.96. The highest BCUT2D eigenvalue weighted by Gasteiger charge is 2.22. The third-order valence-corrected chi connectivity index (χ3v) is 2.22. The molecular formula is C11H21NO3. The molecule has 1 atom stereocenters. The molecule has 15 heavy (non-hydrogen) atoms. The molecule has 88 valence electrons. The predicted octanol–water partition coefficient (Wildman–Crippen LogP) is 1.05. The van der Waals surface area contributed by atoms with Gasteiger partial charge in [0.05, 0.1) is 18.3 Å². The Labute approximate surface area is 91.5 Å². The lowest BCUT2D eigenvalue weighted by molar-refractivity contribution is -0.147. The van der Waals surface area contributed by atoms with Crippen molar-refractivity contribution in [1.29, 1.82) is 0 Å². The van der Waals surface area contributed by atoms with E-state index in [1.54, 1.807) is 4.90 Å². The largest absolute Gasteiger partial charge is 0.375 e. The van der Waals surface area contributed by atoms with Crippen molar-refractivity contribution in [3.63, 3.8) is 0 Å². The van der Waals surface area contributed by atoms with Crippen LogP contribution in [0.15, 0.2) is 0 Å². The Kier molecular flexibility index (Phi) is 4.11. The second-order valence-corrected chi connectivity index (χ2v) is 4.92. The number of amides is 1. The van der Waals surface area contributed by atoms with Gasteiger partial charge in [0.2, 0.25) is 5.91 Å². The third-order valence-electron chi connectivity index (χ3n) is 2.22. The van der Waals surface area contributed by atoms with Gasteiger partial charge in [0.1, 0.15) is 6.61 Å². The van der Waals surface area contributed by atoms with Crippen molar-refractivity contribution in [2.24, 2.45) is 0 Å². The summed E-state index contributed by atoms with van der Waals surface area (Å²) in [5, 5.41) is 0. The smallest absolute Gasteiger partial charge is 0.248 e. The van der Waals surface area contributed by atoms with E-state index in [2.05, 4.69) is 0 Å². The molecule has 1 heterocycles. The van der Waals surface area contributed by atoms with E-state index in [0.29, 0.717) is 19.7 Å². The fourth-order valence-electron chi connectivity index (χ4n) is 1.41. The van der Waals surface area contributed by atoms with Crippen molar-refractivity contribution in [3.8, 4) is 0 Å². The minimum Gasteiger partial charge on any atom is -0.375 e. The van der Waals surface area contributed by atoms with Gasteiger partial charge in [-0.05, 0) is 27.7 Å². The quantitative estimate of drug-likeness (QED) is 0.691. The molecule has 1 fully saturated rings. The first-order valence-electron chi connectivity index (χ1n) is 5.42. The summed E-state index contributed by atoms with van der Waals surface area (Å²) in [5.74, 6) is 0.0556. The van der Waals surface area contributed by atoms with Crippen LogP contribution in [0, 0.1) is 0 Å². The molecular weight excluding hydrogens is 194 g/mol. The summed E-state index contributed by atoms with van der Waals surface area (Å²) >= 11 is 0. The standard InChI is InChI=1S/C11H21NO3/c1-9-7-12(5-6-14-9)10(13)8-15-11(2,3)4/h9H,5-8H2,1-4H3. The van der Waals surface area contributed by atoms with Gasteiger partial charge in [0.15, 0.2) is 0 Å². The number of carbonyl (C=O) groups excluding carboxylic acids is 1. The van der Waals surface area contributed by atoms with Gasteiger partial charge in [0, 0.05) is 13.1 Å². The van der Waals surface area contributed by atoms with E-state index in [9.17, 15) is 4.79 Å². The Hall–Kier alpha value is -0.610. The van der Waals surface area contributed by atoms with E-state index in [0.717, 1.165) is 0 Å².